The van der Waals surface area contributed by atoms with Crippen molar-refractivity contribution in [1.29, 1.82) is 0 Å². The van der Waals surface area contributed by atoms with Crippen molar-refractivity contribution < 1.29 is 33.6 Å². The van der Waals surface area contributed by atoms with Gasteiger partial charge < -0.3 is 24.9 Å². The standard InChI is InChI=1S/C19H21N3O9/c1-9(2)15(17(25)20-13(8-23)19(27)30-3)21-16(24)12-7-10-6-11(22(28)29)4-5-14(10)31-18(12)26/h4-7,9,13,15,23H,8H2,1-3H3,(H,20,25)(H,21,24)/t13?,15-/m0/s1. The number of hydrogen-bond donors (Lipinski definition) is 3. The van der Waals surface area contributed by atoms with E-state index in [0.29, 0.717) is 0 Å². The lowest BCUT2D eigenvalue weighted by Crippen LogP contribution is -2.55. The number of nitrogens with one attached hydrogen (secondary N) is 2. The molecule has 2 aromatic rings. The number of hydrogen-bond acceptors (Lipinski definition) is 9. The smallest absolute Gasteiger partial charge is 0.349 e. The molecule has 1 aromatic heterocycles. The third-order valence-corrected chi connectivity index (χ3v) is 4.39. The minimum absolute atomic E-state index is 0.0502. The maximum Gasteiger partial charge on any atom is 0.349 e. The van der Waals surface area contributed by atoms with Crippen LogP contribution in [0.1, 0.15) is 24.2 Å². The lowest BCUT2D eigenvalue weighted by molar-refractivity contribution is -0.384. The van der Waals surface area contributed by atoms with Gasteiger partial charge in [0.05, 0.1) is 18.6 Å². The molecule has 0 aliphatic heterocycles. The van der Waals surface area contributed by atoms with Gasteiger partial charge in [-0.25, -0.2) is 9.59 Å². The summed E-state index contributed by atoms with van der Waals surface area (Å²) < 4.78 is 9.52. The number of benzene rings is 1. The zero-order valence-electron chi connectivity index (χ0n) is 16.9. The molecule has 0 saturated heterocycles. The number of esters is 1. The van der Waals surface area contributed by atoms with Gasteiger partial charge in [-0.05, 0) is 18.1 Å². The lowest BCUT2D eigenvalue weighted by Gasteiger charge is -2.23. The summed E-state index contributed by atoms with van der Waals surface area (Å²) in [6, 6.07) is 2.16. The zero-order chi connectivity index (χ0) is 23.3. The van der Waals surface area contributed by atoms with E-state index >= 15 is 0 Å². The van der Waals surface area contributed by atoms with Crippen LogP contribution in [0.4, 0.5) is 5.69 Å². The molecule has 2 rings (SSSR count). The van der Waals surface area contributed by atoms with Gasteiger partial charge in [0.2, 0.25) is 5.91 Å². The highest BCUT2D eigenvalue weighted by Crippen LogP contribution is 2.20. The second kappa shape index (κ2) is 9.80. The molecule has 0 aliphatic rings. The van der Waals surface area contributed by atoms with Gasteiger partial charge in [0.1, 0.15) is 17.2 Å². The van der Waals surface area contributed by atoms with E-state index in [4.69, 9.17) is 4.42 Å². The van der Waals surface area contributed by atoms with Crippen LogP contribution < -0.4 is 16.3 Å². The molecule has 0 radical (unpaired) electrons. The van der Waals surface area contributed by atoms with Crippen molar-refractivity contribution in [2.45, 2.75) is 25.9 Å². The van der Waals surface area contributed by atoms with Crippen molar-refractivity contribution in [2.24, 2.45) is 5.92 Å². The summed E-state index contributed by atoms with van der Waals surface area (Å²) in [4.78, 5) is 59.3. The van der Waals surface area contributed by atoms with E-state index in [0.717, 1.165) is 25.3 Å². The Labute approximate surface area is 175 Å². The molecule has 1 heterocycles. The number of methoxy groups -OCH3 is 1. The number of aliphatic hydroxyl groups excluding tert-OH is 1. The van der Waals surface area contributed by atoms with Crippen LogP contribution in [0.3, 0.4) is 0 Å². The Bertz CT molecular complexity index is 1080. The fourth-order valence-corrected chi connectivity index (χ4v) is 2.72. The Hall–Kier alpha value is -3.80. The van der Waals surface area contributed by atoms with Crippen LogP contribution >= 0.6 is 0 Å². The van der Waals surface area contributed by atoms with Crippen LogP contribution in [-0.2, 0) is 14.3 Å². The molecule has 2 atom stereocenters. The summed E-state index contributed by atoms with van der Waals surface area (Å²) in [5.41, 5.74) is -1.66. The van der Waals surface area contributed by atoms with Crippen molar-refractivity contribution in [3.05, 3.63) is 50.4 Å². The summed E-state index contributed by atoms with van der Waals surface area (Å²) in [5.74, 6) is -3.07. The molecule has 0 fully saturated rings. The molecule has 0 spiro atoms. The number of rotatable bonds is 8. The zero-order valence-corrected chi connectivity index (χ0v) is 16.9. The highest BCUT2D eigenvalue weighted by atomic mass is 16.6. The summed E-state index contributed by atoms with van der Waals surface area (Å²) in [6.45, 7) is 2.51. The monoisotopic (exact) mass is 435 g/mol. The van der Waals surface area contributed by atoms with E-state index in [1.165, 1.54) is 6.07 Å². The summed E-state index contributed by atoms with van der Waals surface area (Å²) in [6.07, 6.45) is 0. The van der Waals surface area contributed by atoms with Crippen molar-refractivity contribution in [3.63, 3.8) is 0 Å². The van der Waals surface area contributed by atoms with E-state index in [9.17, 15) is 34.4 Å². The molecule has 166 valence electrons. The van der Waals surface area contributed by atoms with Crippen molar-refractivity contribution in [1.82, 2.24) is 10.6 Å². The van der Waals surface area contributed by atoms with E-state index in [2.05, 4.69) is 15.4 Å². The Morgan fingerprint density at radius 1 is 1.23 bits per heavy atom. The van der Waals surface area contributed by atoms with E-state index in [1.807, 2.05) is 0 Å². The molecular formula is C19H21N3O9. The molecule has 1 aromatic carbocycles. The number of carbonyl (C=O) groups excluding carboxylic acids is 3. The minimum Gasteiger partial charge on any atom is -0.467 e. The van der Waals surface area contributed by atoms with Gasteiger partial charge in [0, 0.05) is 17.5 Å². The van der Waals surface area contributed by atoms with Crippen LogP contribution in [0.5, 0.6) is 0 Å². The number of amides is 2. The van der Waals surface area contributed by atoms with Gasteiger partial charge in [-0.15, -0.1) is 0 Å². The molecule has 12 nitrogen and oxygen atoms in total. The Morgan fingerprint density at radius 2 is 1.90 bits per heavy atom. The number of nitro groups is 1. The Kier molecular flexibility index (Phi) is 7.42. The predicted molar refractivity (Wildman–Crippen MR) is 106 cm³/mol. The fraction of sp³-hybridized carbons (Fsp3) is 0.368. The third kappa shape index (κ3) is 5.42. The van der Waals surface area contributed by atoms with Crippen LogP contribution in [0.25, 0.3) is 11.0 Å². The third-order valence-electron chi connectivity index (χ3n) is 4.39. The van der Waals surface area contributed by atoms with Crippen LogP contribution in [0.15, 0.2) is 33.5 Å². The first kappa shape index (κ1) is 23.5. The molecule has 0 saturated carbocycles. The predicted octanol–water partition coefficient (Wildman–Crippen LogP) is 0.106. The highest BCUT2D eigenvalue weighted by Gasteiger charge is 2.30. The van der Waals surface area contributed by atoms with Gasteiger partial charge >= 0.3 is 11.6 Å². The first-order valence-corrected chi connectivity index (χ1v) is 9.11. The molecule has 1 unspecified atom stereocenters. The molecule has 2 amide bonds. The quantitative estimate of drug-likeness (QED) is 0.224. The van der Waals surface area contributed by atoms with Crippen molar-refractivity contribution in [2.75, 3.05) is 13.7 Å². The highest BCUT2D eigenvalue weighted by molar-refractivity contribution is 6.00. The summed E-state index contributed by atoms with van der Waals surface area (Å²) in [7, 11) is 1.09. The van der Waals surface area contributed by atoms with Crippen LogP contribution in [0.2, 0.25) is 0 Å². The van der Waals surface area contributed by atoms with Crippen molar-refractivity contribution >= 4 is 34.4 Å². The Morgan fingerprint density at radius 3 is 2.45 bits per heavy atom. The first-order valence-electron chi connectivity index (χ1n) is 9.11. The average molecular weight is 435 g/mol. The van der Waals surface area contributed by atoms with Gasteiger partial charge in [-0.3, -0.25) is 19.7 Å². The number of ether oxygens (including phenoxy) is 1. The molecule has 3 N–H and O–H groups in total. The maximum atomic E-state index is 12.7. The van der Waals surface area contributed by atoms with Crippen LogP contribution in [-0.4, -0.2) is 53.6 Å². The molecule has 12 heteroatoms. The number of nitro benzene ring substituents is 1. The van der Waals surface area contributed by atoms with E-state index in [-0.39, 0.29) is 16.7 Å². The Balaban J connectivity index is 2.31. The molecule has 0 aliphatic carbocycles. The molecular weight excluding hydrogens is 414 g/mol. The minimum atomic E-state index is -1.33. The second-order valence-electron chi connectivity index (χ2n) is 6.89. The number of aliphatic hydroxyl groups is 1. The molecule has 31 heavy (non-hydrogen) atoms. The van der Waals surface area contributed by atoms with Gasteiger partial charge in [0.25, 0.3) is 11.6 Å². The van der Waals surface area contributed by atoms with Gasteiger partial charge in [0.15, 0.2) is 6.04 Å². The van der Waals surface area contributed by atoms with Gasteiger partial charge in [-0.1, -0.05) is 13.8 Å². The number of nitrogens with zero attached hydrogens (tertiary/aromatic N) is 1. The SMILES string of the molecule is COC(=O)C(CO)NC(=O)[C@@H](NC(=O)c1cc2cc([N+](=O)[O-])ccc2oc1=O)C(C)C. The van der Waals surface area contributed by atoms with E-state index in [1.54, 1.807) is 13.8 Å². The molecule has 0 bridgehead atoms. The maximum absolute atomic E-state index is 12.7. The first-order chi connectivity index (χ1) is 14.6. The second-order valence-corrected chi connectivity index (χ2v) is 6.89. The van der Waals surface area contributed by atoms with Gasteiger partial charge in [-0.2, -0.15) is 0 Å². The largest absolute Gasteiger partial charge is 0.467 e. The van der Waals surface area contributed by atoms with E-state index < -0.39 is 58.5 Å². The lowest BCUT2D eigenvalue weighted by atomic mass is 10.0. The summed E-state index contributed by atoms with van der Waals surface area (Å²) >= 11 is 0. The topological polar surface area (TPSA) is 178 Å². The summed E-state index contributed by atoms with van der Waals surface area (Å²) in [5, 5.41) is 25.0. The van der Waals surface area contributed by atoms with Crippen LogP contribution in [0, 0.1) is 16.0 Å². The fourth-order valence-electron chi connectivity index (χ4n) is 2.72. The normalized spacial score (nSPS) is 12.8. The number of fused-ring (bicyclic) bond motifs is 1. The number of non-ortho nitro benzene ring substituents is 1. The number of carbonyl (C=O) groups is 3. The van der Waals surface area contributed by atoms with Crippen molar-refractivity contribution in [3.8, 4) is 0 Å². The average Bonchev–Trinajstić information content (AvgIpc) is 2.73.